The van der Waals surface area contributed by atoms with Gasteiger partial charge in [0.1, 0.15) is 27.8 Å². The van der Waals surface area contributed by atoms with E-state index < -0.39 is 20.2 Å². The highest BCUT2D eigenvalue weighted by atomic mass is 32.2. The lowest BCUT2D eigenvalue weighted by atomic mass is 10.1. The number of rotatable bonds is 5. The number of ether oxygens (including phenoxy) is 1. The molecule has 0 amide bonds. The van der Waals surface area contributed by atoms with Crippen LogP contribution in [0.5, 0.6) is 5.75 Å². The second-order valence-corrected chi connectivity index (χ2v) is 13.0. The SMILES string of the molecule is O=S(=O)(O)c1ccc2oc3cc4c(cc3c2c1)O\C(=C/C=C/C=C/c1nc2cc3oc5ccc(S(=O)(=O)O)cc5c3cc2o1)N4. The summed E-state index contributed by atoms with van der Waals surface area (Å²) in [6, 6.07) is 15.1. The van der Waals surface area contributed by atoms with E-state index >= 15 is 0 Å². The van der Waals surface area contributed by atoms with E-state index in [1.807, 2.05) is 0 Å². The number of benzene rings is 4. The van der Waals surface area contributed by atoms with Gasteiger partial charge in [-0.1, -0.05) is 18.2 Å². The molecule has 1 aliphatic heterocycles. The molecular formula is C31H18N2O10S2. The van der Waals surface area contributed by atoms with Gasteiger partial charge in [0, 0.05) is 39.8 Å². The van der Waals surface area contributed by atoms with Crippen LogP contribution in [0, 0.1) is 0 Å². The Balaban J connectivity index is 1.01. The number of hydrogen-bond donors (Lipinski definition) is 3. The normalized spacial score (nSPS) is 15.0. The minimum absolute atomic E-state index is 0.228. The van der Waals surface area contributed by atoms with Gasteiger partial charge in [0.05, 0.1) is 15.5 Å². The van der Waals surface area contributed by atoms with Crippen molar-refractivity contribution in [2.24, 2.45) is 0 Å². The van der Waals surface area contributed by atoms with Gasteiger partial charge in [0.15, 0.2) is 17.2 Å². The smallest absolute Gasteiger partial charge is 0.294 e. The van der Waals surface area contributed by atoms with Crippen LogP contribution in [0.25, 0.3) is 61.1 Å². The van der Waals surface area contributed by atoms with Crippen molar-refractivity contribution in [1.29, 1.82) is 0 Å². The molecule has 3 aromatic heterocycles. The number of aromatic nitrogens is 1. The summed E-state index contributed by atoms with van der Waals surface area (Å²) in [4.78, 5) is 4.00. The minimum Gasteiger partial charge on any atom is -0.456 e. The van der Waals surface area contributed by atoms with Gasteiger partial charge in [-0.3, -0.25) is 9.11 Å². The highest BCUT2D eigenvalue weighted by Crippen LogP contribution is 2.41. The number of furan rings is 2. The van der Waals surface area contributed by atoms with Crippen molar-refractivity contribution < 1.29 is 43.9 Å². The fraction of sp³-hybridized carbons (Fsp3) is 0. The molecule has 1 aliphatic rings. The first-order valence-corrected chi connectivity index (χ1v) is 16.1. The van der Waals surface area contributed by atoms with Crippen LogP contribution >= 0.6 is 0 Å². The summed E-state index contributed by atoms with van der Waals surface area (Å²) < 4.78 is 88.6. The number of oxazole rings is 1. The van der Waals surface area contributed by atoms with Gasteiger partial charge in [-0.05, 0) is 54.6 Å². The molecule has 14 heteroatoms. The lowest BCUT2D eigenvalue weighted by molar-refractivity contribution is 0.458. The maximum atomic E-state index is 11.6. The van der Waals surface area contributed by atoms with Crippen molar-refractivity contribution >= 4 is 87.0 Å². The van der Waals surface area contributed by atoms with Crippen molar-refractivity contribution in [1.82, 2.24) is 4.98 Å². The van der Waals surface area contributed by atoms with Gasteiger partial charge in [-0.25, -0.2) is 4.98 Å². The number of hydrogen-bond acceptors (Lipinski definition) is 10. The number of anilines is 1. The topological polar surface area (TPSA) is 182 Å². The molecule has 0 unspecified atom stereocenters. The summed E-state index contributed by atoms with van der Waals surface area (Å²) in [5.74, 6) is 1.32. The molecule has 8 rings (SSSR count). The van der Waals surface area contributed by atoms with Crippen LogP contribution in [-0.4, -0.2) is 30.9 Å². The molecule has 0 saturated carbocycles. The zero-order chi connectivity index (χ0) is 31.1. The summed E-state index contributed by atoms with van der Waals surface area (Å²) >= 11 is 0. The largest absolute Gasteiger partial charge is 0.456 e. The van der Waals surface area contributed by atoms with Crippen molar-refractivity contribution in [3.63, 3.8) is 0 Å². The Morgan fingerprint density at radius 2 is 1.27 bits per heavy atom. The first kappa shape index (κ1) is 27.2. The predicted octanol–water partition coefficient (Wildman–Crippen LogP) is 7.04. The Morgan fingerprint density at radius 3 is 1.93 bits per heavy atom. The fourth-order valence-corrected chi connectivity index (χ4v) is 6.26. The summed E-state index contributed by atoms with van der Waals surface area (Å²) in [6.07, 6.45) is 8.61. The van der Waals surface area contributed by atoms with Crippen LogP contribution in [0.3, 0.4) is 0 Å². The quantitative estimate of drug-likeness (QED) is 0.129. The first-order chi connectivity index (χ1) is 21.5. The highest BCUT2D eigenvalue weighted by Gasteiger charge is 2.21. The molecule has 0 radical (unpaired) electrons. The van der Waals surface area contributed by atoms with Crippen LogP contribution in [0.15, 0.2) is 114 Å². The maximum Gasteiger partial charge on any atom is 0.294 e. The number of fused-ring (bicyclic) bond motifs is 8. The molecule has 4 aromatic carbocycles. The van der Waals surface area contributed by atoms with Gasteiger partial charge >= 0.3 is 0 Å². The zero-order valence-corrected chi connectivity index (χ0v) is 24.2. The molecule has 0 fully saturated rings. The summed E-state index contributed by atoms with van der Waals surface area (Å²) in [6.45, 7) is 0. The van der Waals surface area contributed by atoms with Gasteiger partial charge in [-0.2, -0.15) is 16.8 Å². The van der Waals surface area contributed by atoms with E-state index in [4.69, 9.17) is 18.0 Å². The maximum absolute atomic E-state index is 11.6. The van der Waals surface area contributed by atoms with Crippen molar-refractivity contribution in [3.05, 3.63) is 96.7 Å². The second-order valence-electron chi connectivity index (χ2n) is 10.2. The van der Waals surface area contributed by atoms with E-state index in [1.54, 1.807) is 54.6 Å². The van der Waals surface area contributed by atoms with E-state index in [9.17, 15) is 25.9 Å². The molecule has 7 aromatic rings. The zero-order valence-electron chi connectivity index (χ0n) is 22.6. The number of allylic oxidation sites excluding steroid dienone is 4. The third-order valence-electron chi connectivity index (χ3n) is 7.29. The summed E-state index contributed by atoms with van der Waals surface area (Å²) in [5, 5.41) is 5.46. The van der Waals surface area contributed by atoms with Gasteiger partial charge in [0.25, 0.3) is 20.2 Å². The monoisotopic (exact) mass is 642 g/mol. The average Bonchev–Trinajstić information content (AvgIpc) is 3.74. The fourth-order valence-electron chi connectivity index (χ4n) is 5.25. The van der Waals surface area contributed by atoms with Crippen LogP contribution in [0.4, 0.5) is 5.69 Å². The Morgan fingerprint density at radius 1 is 0.644 bits per heavy atom. The second kappa shape index (κ2) is 9.54. The third-order valence-corrected chi connectivity index (χ3v) is 8.99. The standard InChI is InChI=1S/C31H18N2O10S2/c34-44(35,36)16-6-8-24-18(10-16)20-12-28-22(14-26(20)40-24)32-30(42-28)4-2-1-3-5-31-33-23-15-27-21(13-29(23)43-31)19-11-17(45(37,38)39)7-9-25(19)41-27/h1-15,32H,(H,34,35,36)(H,37,38,39)/b2-1+,5-3+,30-4-. The van der Waals surface area contributed by atoms with E-state index in [1.165, 1.54) is 36.4 Å². The van der Waals surface area contributed by atoms with Gasteiger partial charge < -0.3 is 23.3 Å². The highest BCUT2D eigenvalue weighted by molar-refractivity contribution is 7.86. The molecule has 0 saturated heterocycles. The van der Waals surface area contributed by atoms with E-state index in [0.717, 1.165) is 0 Å². The van der Waals surface area contributed by atoms with E-state index in [-0.39, 0.29) is 9.79 Å². The molecular weight excluding hydrogens is 624 g/mol. The van der Waals surface area contributed by atoms with Gasteiger partial charge in [0.2, 0.25) is 5.89 Å². The molecule has 224 valence electrons. The van der Waals surface area contributed by atoms with Crippen LogP contribution < -0.4 is 10.1 Å². The Kier molecular flexibility index (Phi) is 5.76. The third kappa shape index (κ3) is 4.72. The predicted molar refractivity (Wildman–Crippen MR) is 165 cm³/mol. The van der Waals surface area contributed by atoms with E-state index in [0.29, 0.717) is 78.2 Å². The summed E-state index contributed by atoms with van der Waals surface area (Å²) in [5.41, 5.74) is 3.65. The Bertz CT molecular complexity index is 2710. The molecule has 0 atom stereocenters. The minimum atomic E-state index is -4.37. The number of nitrogens with one attached hydrogen (secondary N) is 1. The molecule has 0 aliphatic carbocycles. The molecule has 4 heterocycles. The molecule has 12 nitrogen and oxygen atoms in total. The van der Waals surface area contributed by atoms with Crippen molar-refractivity contribution in [2.45, 2.75) is 9.79 Å². The molecule has 3 N–H and O–H groups in total. The molecule has 45 heavy (non-hydrogen) atoms. The van der Waals surface area contributed by atoms with E-state index in [2.05, 4.69) is 10.3 Å². The van der Waals surface area contributed by atoms with Crippen molar-refractivity contribution in [3.8, 4) is 5.75 Å². The Labute approximate surface area is 253 Å². The Hall–Kier alpha value is -5.41. The van der Waals surface area contributed by atoms with Crippen LogP contribution in [0.2, 0.25) is 0 Å². The van der Waals surface area contributed by atoms with Crippen molar-refractivity contribution in [2.75, 3.05) is 5.32 Å². The van der Waals surface area contributed by atoms with Gasteiger partial charge in [-0.15, -0.1) is 0 Å². The van der Waals surface area contributed by atoms with Crippen LogP contribution in [0.1, 0.15) is 5.89 Å². The lowest BCUT2D eigenvalue weighted by Crippen LogP contribution is -1.96. The average molecular weight is 643 g/mol. The first-order valence-electron chi connectivity index (χ1n) is 13.2. The molecule has 0 spiro atoms. The van der Waals surface area contributed by atoms with Crippen LogP contribution in [-0.2, 0) is 20.2 Å². The number of nitrogens with zero attached hydrogens (tertiary/aromatic N) is 1. The lowest BCUT2D eigenvalue weighted by Gasteiger charge is -1.97. The molecule has 0 bridgehead atoms. The summed E-state index contributed by atoms with van der Waals surface area (Å²) in [7, 11) is -8.73.